The fourth-order valence-electron chi connectivity index (χ4n) is 3.45. The highest BCUT2D eigenvalue weighted by atomic mass is 16.6. The smallest absolute Gasteiger partial charge is 0.264 e. The quantitative estimate of drug-likeness (QED) is 0.513. The van der Waals surface area contributed by atoms with Crippen molar-refractivity contribution < 1.29 is 19.0 Å². The summed E-state index contributed by atoms with van der Waals surface area (Å²) in [4.78, 5) is 29.8. The molecular weight excluding hydrogens is 414 g/mol. The van der Waals surface area contributed by atoms with Crippen molar-refractivity contribution in [1.82, 2.24) is 19.3 Å². The van der Waals surface area contributed by atoms with E-state index >= 15 is 0 Å². The number of carbonyl (C=O) groups is 1. The van der Waals surface area contributed by atoms with Gasteiger partial charge in [0.1, 0.15) is 37.2 Å². The van der Waals surface area contributed by atoms with Crippen LogP contribution in [-0.2, 0) is 11.3 Å². The third kappa shape index (κ3) is 3.62. The van der Waals surface area contributed by atoms with Gasteiger partial charge in [-0.25, -0.2) is 9.67 Å². The second kappa shape index (κ2) is 8.06. The number of hydrogen-bond donors (Lipinski definition) is 1. The van der Waals surface area contributed by atoms with Gasteiger partial charge in [-0.3, -0.25) is 14.2 Å². The Labute approximate surface area is 182 Å². The fourth-order valence-corrected chi connectivity index (χ4v) is 3.45. The molecule has 2 aromatic heterocycles. The van der Waals surface area contributed by atoms with Crippen LogP contribution >= 0.6 is 0 Å². The van der Waals surface area contributed by atoms with Gasteiger partial charge < -0.3 is 19.5 Å². The summed E-state index contributed by atoms with van der Waals surface area (Å²) in [5, 5.41) is 7.36. The lowest BCUT2D eigenvalue weighted by Gasteiger charge is -2.19. The van der Waals surface area contributed by atoms with Crippen LogP contribution < -0.4 is 25.1 Å². The largest absolute Gasteiger partial charge is 0.497 e. The first-order valence-corrected chi connectivity index (χ1v) is 9.89. The molecule has 0 unspecified atom stereocenters. The molecule has 0 atom stereocenters. The third-order valence-corrected chi connectivity index (χ3v) is 5.01. The molecule has 10 nitrogen and oxygen atoms in total. The number of nitrogens with zero attached hydrogens (tertiary/aromatic N) is 4. The number of benzene rings is 2. The molecule has 0 aliphatic carbocycles. The normalized spacial score (nSPS) is 12.5. The molecule has 0 saturated carbocycles. The van der Waals surface area contributed by atoms with Gasteiger partial charge in [0.25, 0.3) is 5.56 Å². The van der Waals surface area contributed by atoms with E-state index in [-0.39, 0.29) is 18.0 Å². The maximum Gasteiger partial charge on any atom is 0.264 e. The molecule has 2 aromatic carbocycles. The van der Waals surface area contributed by atoms with E-state index in [4.69, 9.17) is 14.2 Å². The summed E-state index contributed by atoms with van der Waals surface area (Å²) >= 11 is 0. The van der Waals surface area contributed by atoms with Crippen LogP contribution in [0, 0.1) is 0 Å². The number of carbonyl (C=O) groups excluding carboxylic acids is 1. The van der Waals surface area contributed by atoms with Crippen molar-refractivity contribution in [2.75, 3.05) is 25.6 Å². The summed E-state index contributed by atoms with van der Waals surface area (Å²) in [7, 11) is 1.59. The second-order valence-electron chi connectivity index (χ2n) is 7.08. The van der Waals surface area contributed by atoms with Gasteiger partial charge in [0.2, 0.25) is 5.91 Å². The zero-order valence-corrected chi connectivity index (χ0v) is 17.1. The van der Waals surface area contributed by atoms with E-state index in [0.717, 1.165) is 5.69 Å². The second-order valence-corrected chi connectivity index (χ2v) is 7.08. The van der Waals surface area contributed by atoms with Crippen LogP contribution in [0.3, 0.4) is 0 Å². The topological polar surface area (TPSA) is 110 Å². The van der Waals surface area contributed by atoms with Crippen molar-refractivity contribution >= 4 is 22.6 Å². The zero-order valence-electron chi connectivity index (χ0n) is 17.1. The lowest BCUT2D eigenvalue weighted by atomic mass is 10.2. The van der Waals surface area contributed by atoms with Crippen molar-refractivity contribution in [3.63, 3.8) is 0 Å². The summed E-state index contributed by atoms with van der Waals surface area (Å²) in [6, 6.07) is 12.4. The molecule has 0 bridgehead atoms. The van der Waals surface area contributed by atoms with Crippen molar-refractivity contribution in [3.05, 3.63) is 65.3 Å². The van der Waals surface area contributed by atoms with Crippen molar-refractivity contribution in [3.8, 4) is 22.9 Å². The van der Waals surface area contributed by atoms with Crippen molar-refractivity contribution in [1.29, 1.82) is 0 Å². The van der Waals surface area contributed by atoms with E-state index in [0.29, 0.717) is 47.2 Å². The molecule has 32 heavy (non-hydrogen) atoms. The number of aromatic nitrogens is 4. The monoisotopic (exact) mass is 433 g/mol. The minimum absolute atomic E-state index is 0.191. The number of ether oxygens (including phenoxy) is 3. The van der Waals surface area contributed by atoms with Gasteiger partial charge in [0, 0.05) is 11.8 Å². The molecule has 3 heterocycles. The Hall–Kier alpha value is -4.34. The Bertz CT molecular complexity index is 1360. The van der Waals surface area contributed by atoms with Crippen LogP contribution in [0.25, 0.3) is 16.7 Å². The van der Waals surface area contributed by atoms with Gasteiger partial charge in [0.15, 0.2) is 17.1 Å². The van der Waals surface area contributed by atoms with Gasteiger partial charge >= 0.3 is 0 Å². The van der Waals surface area contributed by atoms with E-state index < -0.39 is 0 Å². The minimum atomic E-state index is -0.368. The van der Waals surface area contributed by atoms with Crippen molar-refractivity contribution in [2.24, 2.45) is 0 Å². The van der Waals surface area contributed by atoms with E-state index in [1.165, 1.54) is 17.1 Å². The lowest BCUT2D eigenvalue weighted by Crippen LogP contribution is -2.28. The number of amides is 1. The molecule has 1 aliphatic heterocycles. The predicted molar refractivity (Wildman–Crippen MR) is 116 cm³/mol. The zero-order chi connectivity index (χ0) is 22.1. The van der Waals surface area contributed by atoms with Gasteiger partial charge in [-0.1, -0.05) is 0 Å². The number of rotatable bonds is 5. The lowest BCUT2D eigenvalue weighted by molar-refractivity contribution is -0.116. The minimum Gasteiger partial charge on any atom is -0.497 e. The maximum atomic E-state index is 12.9. The third-order valence-electron chi connectivity index (χ3n) is 5.01. The number of methoxy groups -OCH3 is 1. The first-order chi connectivity index (χ1) is 15.6. The summed E-state index contributed by atoms with van der Waals surface area (Å²) in [5.41, 5.74) is 1.34. The fraction of sp³-hybridized carbons (Fsp3) is 0.182. The summed E-state index contributed by atoms with van der Waals surface area (Å²) in [6.07, 6.45) is 2.79. The molecule has 162 valence electrons. The average Bonchev–Trinajstić information content (AvgIpc) is 3.26. The first-order valence-electron chi connectivity index (χ1n) is 9.89. The Morgan fingerprint density at radius 2 is 1.91 bits per heavy atom. The van der Waals surface area contributed by atoms with Gasteiger partial charge in [-0.2, -0.15) is 5.10 Å². The Morgan fingerprint density at radius 1 is 1.12 bits per heavy atom. The highest BCUT2D eigenvalue weighted by molar-refractivity contribution is 5.91. The SMILES string of the molecule is COc1ccc(-n2ncc3c(=O)n(CC(=O)Nc4ccc5c(c4)OCCO5)cnc32)cc1. The molecule has 0 saturated heterocycles. The molecule has 4 aromatic rings. The van der Waals surface area contributed by atoms with Crippen LogP contribution in [0.4, 0.5) is 5.69 Å². The molecule has 0 spiro atoms. The molecule has 10 heteroatoms. The molecule has 0 fully saturated rings. The van der Waals surface area contributed by atoms with E-state index in [1.807, 2.05) is 12.1 Å². The van der Waals surface area contributed by atoms with Gasteiger partial charge in [0.05, 0.1) is 19.0 Å². The highest BCUT2D eigenvalue weighted by Gasteiger charge is 2.15. The number of hydrogen-bond acceptors (Lipinski definition) is 7. The highest BCUT2D eigenvalue weighted by Crippen LogP contribution is 2.32. The molecule has 0 radical (unpaired) electrons. The summed E-state index contributed by atoms with van der Waals surface area (Å²) in [6.45, 7) is 0.756. The van der Waals surface area contributed by atoms with E-state index in [2.05, 4.69) is 15.4 Å². The van der Waals surface area contributed by atoms with Crippen LogP contribution in [0.5, 0.6) is 17.2 Å². The molecule has 1 N–H and O–H groups in total. The van der Waals surface area contributed by atoms with Crippen LogP contribution in [0.15, 0.2) is 59.8 Å². The molecule has 1 aliphatic rings. The Morgan fingerprint density at radius 3 is 2.69 bits per heavy atom. The summed E-state index contributed by atoms with van der Waals surface area (Å²) < 4.78 is 19.0. The predicted octanol–water partition coefficient (Wildman–Crippen LogP) is 2.00. The van der Waals surface area contributed by atoms with Gasteiger partial charge in [-0.05, 0) is 36.4 Å². The van der Waals surface area contributed by atoms with Crippen molar-refractivity contribution in [2.45, 2.75) is 6.54 Å². The van der Waals surface area contributed by atoms with Crippen LogP contribution in [-0.4, -0.2) is 45.6 Å². The molecular formula is C22H19N5O5. The number of fused-ring (bicyclic) bond motifs is 2. The van der Waals surface area contributed by atoms with E-state index in [1.54, 1.807) is 42.1 Å². The Balaban J connectivity index is 1.36. The maximum absolute atomic E-state index is 12.9. The van der Waals surface area contributed by atoms with Crippen LogP contribution in [0.1, 0.15) is 0 Å². The first kappa shape index (κ1) is 19.6. The van der Waals surface area contributed by atoms with E-state index in [9.17, 15) is 9.59 Å². The Kier molecular flexibility index (Phi) is 4.94. The summed E-state index contributed by atoms with van der Waals surface area (Å²) in [5.74, 6) is 1.55. The average molecular weight is 433 g/mol. The van der Waals surface area contributed by atoms with Crippen LogP contribution in [0.2, 0.25) is 0 Å². The number of nitrogens with one attached hydrogen (secondary N) is 1. The molecule has 5 rings (SSSR count). The number of anilines is 1. The van der Waals surface area contributed by atoms with Gasteiger partial charge in [-0.15, -0.1) is 0 Å². The molecule has 1 amide bonds. The standard InChI is InChI=1S/C22H19N5O5/c1-30-16-5-3-15(4-6-16)27-21-17(11-24-27)22(29)26(13-23-21)12-20(28)25-14-2-7-18-19(10-14)32-9-8-31-18/h2-7,10-11,13H,8-9,12H2,1H3,(H,25,28).